The topological polar surface area (TPSA) is 108 Å². The Labute approximate surface area is 281 Å². The van der Waals surface area contributed by atoms with E-state index in [2.05, 4.69) is 31.4 Å². The van der Waals surface area contributed by atoms with E-state index < -0.39 is 5.97 Å². The molecule has 43 heavy (non-hydrogen) atoms. The molecule has 0 bridgehead atoms. The Morgan fingerprint density at radius 1 is 0.860 bits per heavy atom. The van der Waals surface area contributed by atoms with Gasteiger partial charge < -0.3 is 26.6 Å². The van der Waals surface area contributed by atoms with E-state index in [4.69, 9.17) is 5.73 Å². The van der Waals surface area contributed by atoms with Crippen LogP contribution in [0.5, 0.6) is 0 Å². The quantitative estimate of drug-likeness (QED) is 0.119. The highest BCUT2D eigenvalue weighted by Crippen LogP contribution is 2.68. The van der Waals surface area contributed by atoms with Crippen molar-refractivity contribution >= 4 is 43.2 Å². The molecular weight excluding hydrogens is 605 g/mol. The summed E-state index contributed by atoms with van der Waals surface area (Å²) in [5.74, 6) is 2.88. The third-order valence-corrected chi connectivity index (χ3v) is 12.9. The SMILES string of the molecule is CC(CCC[C@@H](C)C1CCC2C3C(CCC21C)C1(C)CCC(NCCCNCCCCN)C[C@@H]1C[C@H]3O)C(=O)O.Cl.Cl.Cl. The molecule has 8 unspecified atom stereocenters. The summed E-state index contributed by atoms with van der Waals surface area (Å²) in [5, 5.41) is 28.4. The van der Waals surface area contributed by atoms with Crippen LogP contribution in [0, 0.1) is 52.3 Å². The Balaban J connectivity index is 0.00000308. The Hall–Kier alpha value is 0.180. The molecule has 4 saturated carbocycles. The normalized spacial score (nSPS) is 37.8. The number of aliphatic hydroxyl groups excluding tert-OH is 1. The maximum absolute atomic E-state index is 11.7. The molecule has 0 amide bonds. The number of fused-ring (bicyclic) bond motifs is 5. The van der Waals surface area contributed by atoms with E-state index in [1.54, 1.807) is 0 Å². The van der Waals surface area contributed by atoms with Crippen LogP contribution in [0.2, 0.25) is 0 Å². The lowest BCUT2D eigenvalue weighted by Gasteiger charge is -2.62. The van der Waals surface area contributed by atoms with Gasteiger partial charge in [0.2, 0.25) is 0 Å². The van der Waals surface area contributed by atoms with Crippen molar-refractivity contribution in [3.63, 3.8) is 0 Å². The smallest absolute Gasteiger partial charge is 0.306 e. The van der Waals surface area contributed by atoms with Crippen molar-refractivity contribution in [3.05, 3.63) is 0 Å². The predicted octanol–water partition coefficient (Wildman–Crippen LogP) is 7.09. The van der Waals surface area contributed by atoms with Gasteiger partial charge in [-0.1, -0.05) is 40.5 Å². The van der Waals surface area contributed by atoms with Gasteiger partial charge in [-0.3, -0.25) is 4.79 Å². The number of carboxylic acid groups (broad SMARTS) is 1. The fraction of sp³-hybridized carbons (Fsp3) is 0.971. The number of nitrogens with one attached hydrogen (secondary N) is 2. The van der Waals surface area contributed by atoms with Gasteiger partial charge in [-0.15, -0.1) is 37.2 Å². The highest BCUT2D eigenvalue weighted by molar-refractivity contribution is 5.86. The maximum atomic E-state index is 11.7. The zero-order chi connectivity index (χ0) is 28.9. The van der Waals surface area contributed by atoms with Crippen molar-refractivity contribution in [2.45, 2.75) is 130 Å². The maximum Gasteiger partial charge on any atom is 0.306 e. The van der Waals surface area contributed by atoms with Gasteiger partial charge in [0, 0.05) is 6.04 Å². The Morgan fingerprint density at radius 3 is 2.23 bits per heavy atom. The molecule has 4 aliphatic carbocycles. The first-order valence-electron chi connectivity index (χ1n) is 17.2. The number of carbonyl (C=O) groups is 1. The lowest BCUT2D eigenvalue weighted by molar-refractivity contribution is -0.167. The fourth-order valence-corrected chi connectivity index (χ4v) is 10.5. The summed E-state index contributed by atoms with van der Waals surface area (Å²) in [4.78, 5) is 11.3. The predicted molar refractivity (Wildman–Crippen MR) is 186 cm³/mol. The van der Waals surface area contributed by atoms with Crippen LogP contribution >= 0.6 is 37.2 Å². The van der Waals surface area contributed by atoms with Crippen LogP contribution in [0.15, 0.2) is 0 Å². The fourth-order valence-electron chi connectivity index (χ4n) is 10.5. The van der Waals surface area contributed by atoms with Gasteiger partial charge in [-0.05, 0) is 150 Å². The summed E-state index contributed by atoms with van der Waals surface area (Å²) < 4.78 is 0. The summed E-state index contributed by atoms with van der Waals surface area (Å²) in [7, 11) is 0. The second kappa shape index (κ2) is 18.5. The van der Waals surface area contributed by atoms with Crippen LogP contribution < -0.4 is 16.4 Å². The van der Waals surface area contributed by atoms with Crippen LogP contribution in [0.3, 0.4) is 0 Å². The Morgan fingerprint density at radius 2 is 1.53 bits per heavy atom. The largest absolute Gasteiger partial charge is 0.481 e. The number of aliphatic carboxylic acids is 1. The van der Waals surface area contributed by atoms with E-state index in [0.29, 0.717) is 52.4 Å². The minimum Gasteiger partial charge on any atom is -0.481 e. The molecule has 4 fully saturated rings. The minimum absolute atomic E-state index is 0. The molecule has 6 N–H and O–H groups in total. The molecule has 0 radical (unpaired) electrons. The number of rotatable bonds is 15. The number of hydrogen-bond donors (Lipinski definition) is 5. The van der Waals surface area contributed by atoms with Crippen molar-refractivity contribution in [1.29, 1.82) is 0 Å². The van der Waals surface area contributed by atoms with E-state index in [-0.39, 0.29) is 49.2 Å². The van der Waals surface area contributed by atoms with Gasteiger partial charge >= 0.3 is 5.97 Å². The molecule has 4 rings (SSSR count). The molecule has 0 aromatic heterocycles. The molecule has 0 spiro atoms. The van der Waals surface area contributed by atoms with Crippen LogP contribution in [-0.4, -0.2) is 54.5 Å². The van der Waals surface area contributed by atoms with E-state index in [1.165, 1.54) is 57.8 Å². The van der Waals surface area contributed by atoms with Crippen LogP contribution in [0.1, 0.15) is 118 Å². The van der Waals surface area contributed by atoms with E-state index >= 15 is 0 Å². The molecule has 6 nitrogen and oxygen atoms in total. The van der Waals surface area contributed by atoms with Crippen molar-refractivity contribution < 1.29 is 15.0 Å². The van der Waals surface area contributed by atoms with Crippen LogP contribution in [0.4, 0.5) is 0 Å². The van der Waals surface area contributed by atoms with Gasteiger partial charge in [-0.2, -0.15) is 0 Å². The van der Waals surface area contributed by atoms with Gasteiger partial charge in [0.15, 0.2) is 0 Å². The van der Waals surface area contributed by atoms with Crippen LogP contribution in [0.25, 0.3) is 0 Å². The summed E-state index contributed by atoms with van der Waals surface area (Å²) in [6.45, 7) is 13.5. The van der Waals surface area contributed by atoms with Gasteiger partial charge in [-0.25, -0.2) is 0 Å². The Bertz CT molecular complexity index is 825. The molecule has 0 aromatic rings. The zero-order valence-corrected chi connectivity index (χ0v) is 30.0. The van der Waals surface area contributed by atoms with E-state index in [9.17, 15) is 15.0 Å². The minimum atomic E-state index is -0.663. The zero-order valence-electron chi connectivity index (χ0n) is 27.5. The summed E-state index contributed by atoms with van der Waals surface area (Å²) >= 11 is 0. The van der Waals surface area contributed by atoms with Gasteiger partial charge in [0.05, 0.1) is 12.0 Å². The van der Waals surface area contributed by atoms with Crippen LogP contribution in [-0.2, 0) is 4.79 Å². The third kappa shape index (κ3) is 9.39. The van der Waals surface area contributed by atoms with Crippen molar-refractivity contribution in [1.82, 2.24) is 10.6 Å². The molecule has 11 atom stereocenters. The molecule has 256 valence electrons. The van der Waals surface area contributed by atoms with Crippen molar-refractivity contribution in [2.24, 2.45) is 58.0 Å². The lowest BCUT2D eigenvalue weighted by atomic mass is 9.43. The average Bonchev–Trinajstić information content (AvgIpc) is 3.27. The molecular formula is C34H66Cl3N3O3. The number of halogens is 3. The molecule has 0 aliphatic heterocycles. The monoisotopic (exact) mass is 669 g/mol. The first-order chi connectivity index (χ1) is 19.1. The summed E-state index contributed by atoms with van der Waals surface area (Å²) in [5.41, 5.74) is 6.29. The highest BCUT2D eigenvalue weighted by Gasteiger charge is 2.62. The molecule has 0 aromatic carbocycles. The second-order valence-corrected chi connectivity index (χ2v) is 15.2. The first kappa shape index (κ1) is 41.2. The van der Waals surface area contributed by atoms with Gasteiger partial charge in [0.1, 0.15) is 0 Å². The Kier molecular flexibility index (Phi) is 17.7. The molecule has 4 aliphatic rings. The lowest BCUT2D eigenvalue weighted by Crippen LogP contribution is -2.59. The standard InChI is InChI=1S/C34H63N3O3.3ClH/c1-23(9-7-10-24(2)32(39)40)27-11-12-28-31-29(14-16-34(27,28)4)33(3)15-13-26(21-25(33)22-30(31)38)37-20-8-19-36-18-6-5-17-35;;;/h23-31,36-38H,5-22,35H2,1-4H3,(H,39,40);3*1H/t23-,24?,25-,26?,27?,28?,29?,30-,31?,33?,34?;;;/m1.../s1. The number of unbranched alkanes of at least 4 members (excludes halogenated alkanes) is 1. The van der Waals surface area contributed by atoms with E-state index in [1.807, 2.05) is 6.92 Å². The molecule has 0 saturated heterocycles. The molecule has 0 heterocycles. The third-order valence-electron chi connectivity index (χ3n) is 12.9. The number of carboxylic acids is 1. The second-order valence-electron chi connectivity index (χ2n) is 15.2. The number of aliphatic hydroxyl groups is 1. The van der Waals surface area contributed by atoms with E-state index in [0.717, 1.165) is 58.3 Å². The first-order valence-corrected chi connectivity index (χ1v) is 17.2. The number of hydrogen-bond acceptors (Lipinski definition) is 5. The van der Waals surface area contributed by atoms with Crippen molar-refractivity contribution in [2.75, 3.05) is 26.2 Å². The van der Waals surface area contributed by atoms with Crippen molar-refractivity contribution in [3.8, 4) is 0 Å². The number of nitrogens with two attached hydrogens (primary N) is 1. The highest BCUT2D eigenvalue weighted by atomic mass is 35.5. The van der Waals surface area contributed by atoms with Gasteiger partial charge in [0.25, 0.3) is 0 Å². The average molecular weight is 671 g/mol. The summed E-state index contributed by atoms with van der Waals surface area (Å²) in [6.07, 6.45) is 16.2. The summed E-state index contributed by atoms with van der Waals surface area (Å²) in [6, 6.07) is 0.605. The molecule has 9 heteroatoms.